The van der Waals surface area contributed by atoms with Gasteiger partial charge in [0.25, 0.3) is 0 Å². The summed E-state index contributed by atoms with van der Waals surface area (Å²) < 4.78 is 5.13. The van der Waals surface area contributed by atoms with Crippen molar-refractivity contribution in [3.8, 4) is 0 Å². The van der Waals surface area contributed by atoms with Crippen LogP contribution >= 0.6 is 0 Å². The average Bonchev–Trinajstić information content (AvgIpc) is 2.30. The Morgan fingerprint density at radius 2 is 1.36 bits per heavy atom. The molecule has 2 unspecified atom stereocenters. The third-order valence-corrected chi connectivity index (χ3v) is 1.93. The molecule has 5 heteroatoms. The summed E-state index contributed by atoms with van der Waals surface area (Å²) in [5.74, 6) is 0. The molecule has 66 valence electrons. The maximum atomic E-state index is 9.25. The molecule has 1 aliphatic heterocycles. The first-order valence-corrected chi connectivity index (χ1v) is 3.62. The van der Waals surface area contributed by atoms with Gasteiger partial charge in [0.2, 0.25) is 0 Å². The molecule has 11 heavy (non-hydrogen) atoms. The van der Waals surface area contributed by atoms with Crippen LogP contribution < -0.4 is 11.5 Å². The first-order chi connectivity index (χ1) is 5.20. The molecule has 4 atom stereocenters. The molecule has 1 aliphatic rings. The zero-order valence-electron chi connectivity index (χ0n) is 6.18. The largest absolute Gasteiger partial charge is 0.388 e. The third kappa shape index (κ3) is 1.52. The van der Waals surface area contributed by atoms with Crippen LogP contribution in [0.5, 0.6) is 0 Å². The Hall–Kier alpha value is -0.200. The molecule has 1 fully saturated rings. The highest BCUT2D eigenvalue weighted by Gasteiger charge is 2.40. The van der Waals surface area contributed by atoms with Crippen LogP contribution in [0.4, 0.5) is 0 Å². The van der Waals surface area contributed by atoms with Gasteiger partial charge in [-0.15, -0.1) is 0 Å². The number of nitrogens with two attached hydrogens (primary N) is 2. The van der Waals surface area contributed by atoms with Crippen molar-refractivity contribution < 1.29 is 14.9 Å². The van der Waals surface area contributed by atoms with Crippen molar-refractivity contribution in [3.63, 3.8) is 0 Å². The van der Waals surface area contributed by atoms with Gasteiger partial charge in [-0.2, -0.15) is 0 Å². The van der Waals surface area contributed by atoms with Crippen molar-refractivity contribution >= 4 is 0 Å². The molecule has 0 aromatic rings. The lowest BCUT2D eigenvalue weighted by Crippen LogP contribution is -2.37. The Kier molecular flexibility index (Phi) is 2.80. The van der Waals surface area contributed by atoms with Crippen LogP contribution in [0.1, 0.15) is 0 Å². The minimum absolute atomic E-state index is 0.203. The predicted molar refractivity (Wildman–Crippen MR) is 38.8 cm³/mol. The summed E-state index contributed by atoms with van der Waals surface area (Å²) >= 11 is 0. The first kappa shape index (κ1) is 8.89. The fraction of sp³-hybridized carbons (Fsp3) is 1.00. The molecule has 6 N–H and O–H groups in total. The highest BCUT2D eigenvalue weighted by molar-refractivity contribution is 4.91. The summed E-state index contributed by atoms with van der Waals surface area (Å²) in [4.78, 5) is 0. The molecule has 0 bridgehead atoms. The van der Waals surface area contributed by atoms with Crippen molar-refractivity contribution in [2.45, 2.75) is 24.4 Å². The van der Waals surface area contributed by atoms with Crippen molar-refractivity contribution in [1.82, 2.24) is 0 Å². The number of aliphatic hydroxyl groups excluding tert-OH is 2. The molecule has 0 aromatic heterocycles. The van der Waals surface area contributed by atoms with Crippen LogP contribution in [0.15, 0.2) is 0 Å². The van der Waals surface area contributed by atoms with E-state index in [1.54, 1.807) is 0 Å². The van der Waals surface area contributed by atoms with E-state index in [0.29, 0.717) is 0 Å². The molecular weight excluding hydrogens is 148 g/mol. The minimum Gasteiger partial charge on any atom is -0.388 e. The van der Waals surface area contributed by atoms with E-state index in [4.69, 9.17) is 16.2 Å². The van der Waals surface area contributed by atoms with E-state index >= 15 is 0 Å². The fourth-order valence-corrected chi connectivity index (χ4v) is 1.22. The molecule has 0 aliphatic carbocycles. The van der Waals surface area contributed by atoms with E-state index in [1.165, 1.54) is 0 Å². The van der Waals surface area contributed by atoms with E-state index < -0.39 is 24.4 Å². The quantitative estimate of drug-likeness (QED) is 0.356. The Morgan fingerprint density at radius 3 is 1.55 bits per heavy atom. The van der Waals surface area contributed by atoms with E-state index in [2.05, 4.69) is 0 Å². The first-order valence-electron chi connectivity index (χ1n) is 3.62. The third-order valence-electron chi connectivity index (χ3n) is 1.93. The van der Waals surface area contributed by atoms with Gasteiger partial charge in [0.05, 0.1) is 12.2 Å². The maximum absolute atomic E-state index is 9.25. The Labute approximate surface area is 64.9 Å². The summed E-state index contributed by atoms with van der Waals surface area (Å²) in [7, 11) is 0. The lowest BCUT2D eigenvalue weighted by Gasteiger charge is -2.11. The number of hydrogen-bond acceptors (Lipinski definition) is 5. The molecule has 1 heterocycles. The highest BCUT2D eigenvalue weighted by atomic mass is 16.5. The van der Waals surface area contributed by atoms with E-state index in [1.807, 2.05) is 0 Å². The van der Waals surface area contributed by atoms with Gasteiger partial charge in [-0.1, -0.05) is 0 Å². The maximum Gasteiger partial charge on any atom is 0.110 e. The van der Waals surface area contributed by atoms with Crippen LogP contribution in [0.2, 0.25) is 0 Å². The average molecular weight is 162 g/mol. The number of aliphatic hydroxyl groups is 2. The highest BCUT2D eigenvalue weighted by Crippen LogP contribution is 2.19. The Morgan fingerprint density at radius 1 is 1.00 bits per heavy atom. The molecule has 0 saturated carbocycles. The van der Waals surface area contributed by atoms with Crippen LogP contribution in [0.3, 0.4) is 0 Å². The minimum atomic E-state index is -0.895. The SMILES string of the molecule is NCC1O[C@H](CN)C(O)[C@@H]1O. The summed E-state index contributed by atoms with van der Waals surface area (Å²) in [6, 6.07) is 0. The van der Waals surface area contributed by atoms with Gasteiger partial charge in [0, 0.05) is 13.1 Å². The zero-order valence-corrected chi connectivity index (χ0v) is 6.18. The molecular formula is C6H14N2O3. The van der Waals surface area contributed by atoms with Gasteiger partial charge < -0.3 is 26.4 Å². The van der Waals surface area contributed by atoms with Crippen LogP contribution in [0, 0.1) is 0 Å². The standard InChI is InChI=1S/C6H14N2O3/c7-1-3-5(9)6(10)4(2-8)11-3/h3-6,9-10H,1-2,7-8H2/t3-,4?,5?,6-/m1/s1. The molecule has 0 spiro atoms. The van der Waals surface area contributed by atoms with Gasteiger partial charge in [-0.3, -0.25) is 0 Å². The lowest BCUT2D eigenvalue weighted by atomic mass is 10.1. The van der Waals surface area contributed by atoms with Crippen molar-refractivity contribution in [3.05, 3.63) is 0 Å². The second-order valence-corrected chi connectivity index (χ2v) is 2.67. The number of ether oxygens (including phenoxy) is 1. The monoisotopic (exact) mass is 162 g/mol. The topological polar surface area (TPSA) is 102 Å². The number of hydrogen-bond donors (Lipinski definition) is 4. The van der Waals surface area contributed by atoms with E-state index in [0.717, 1.165) is 0 Å². The van der Waals surface area contributed by atoms with Crippen LogP contribution in [-0.4, -0.2) is 47.7 Å². The smallest absolute Gasteiger partial charge is 0.110 e. The van der Waals surface area contributed by atoms with E-state index in [9.17, 15) is 10.2 Å². The lowest BCUT2D eigenvalue weighted by molar-refractivity contribution is 0.0179. The van der Waals surface area contributed by atoms with Crippen molar-refractivity contribution in [2.75, 3.05) is 13.1 Å². The second-order valence-electron chi connectivity index (χ2n) is 2.67. The molecule has 0 aromatic carbocycles. The molecule has 1 rings (SSSR count). The van der Waals surface area contributed by atoms with Crippen LogP contribution in [-0.2, 0) is 4.74 Å². The second kappa shape index (κ2) is 3.46. The van der Waals surface area contributed by atoms with Crippen molar-refractivity contribution in [2.24, 2.45) is 11.5 Å². The predicted octanol–water partition coefficient (Wildman–Crippen LogP) is -2.61. The summed E-state index contributed by atoms with van der Waals surface area (Å²) in [5.41, 5.74) is 10.5. The molecule has 0 radical (unpaired) electrons. The molecule has 0 amide bonds. The fourth-order valence-electron chi connectivity index (χ4n) is 1.22. The normalized spacial score (nSPS) is 44.7. The summed E-state index contributed by atoms with van der Waals surface area (Å²) in [6.45, 7) is 0.406. The summed E-state index contributed by atoms with van der Waals surface area (Å²) in [6.07, 6.45) is -2.74. The molecule has 5 nitrogen and oxygen atoms in total. The van der Waals surface area contributed by atoms with Crippen molar-refractivity contribution in [1.29, 1.82) is 0 Å². The number of rotatable bonds is 2. The van der Waals surface area contributed by atoms with Gasteiger partial charge in [0.15, 0.2) is 0 Å². The van der Waals surface area contributed by atoms with E-state index in [-0.39, 0.29) is 13.1 Å². The zero-order chi connectivity index (χ0) is 8.43. The van der Waals surface area contributed by atoms with Gasteiger partial charge in [0.1, 0.15) is 12.2 Å². The summed E-state index contributed by atoms with van der Waals surface area (Å²) in [5, 5.41) is 18.5. The Balaban J connectivity index is 2.53. The molecule has 1 saturated heterocycles. The van der Waals surface area contributed by atoms with Crippen LogP contribution in [0.25, 0.3) is 0 Å². The van der Waals surface area contributed by atoms with Gasteiger partial charge >= 0.3 is 0 Å². The van der Waals surface area contributed by atoms with Gasteiger partial charge in [-0.05, 0) is 0 Å². The van der Waals surface area contributed by atoms with Gasteiger partial charge in [-0.25, -0.2) is 0 Å². The Bertz CT molecular complexity index is 115.